The minimum absolute atomic E-state index is 0.225. The Morgan fingerprint density at radius 1 is 1.23 bits per heavy atom. The van der Waals surface area contributed by atoms with Crippen molar-refractivity contribution in [1.82, 2.24) is 9.88 Å². The molecule has 2 heterocycles. The lowest BCUT2D eigenvalue weighted by Crippen LogP contribution is -2.32. The SMILES string of the molecule is COc1cc(C)c2[nH]ccc2c1CN1CC=C(C2CC2)C[C@H]1c1ccc(C(=O)O)cc1. The number of carbonyl (C=O) groups is 1. The van der Waals surface area contributed by atoms with E-state index in [2.05, 4.69) is 35.0 Å². The molecule has 1 atom stereocenters. The fraction of sp³-hybridized carbons (Fsp3) is 0.346. The number of aryl methyl sites for hydroxylation is 1. The van der Waals surface area contributed by atoms with Crippen LogP contribution in [0.3, 0.4) is 0 Å². The summed E-state index contributed by atoms with van der Waals surface area (Å²) in [5.74, 6) is 0.777. The van der Waals surface area contributed by atoms with Crippen LogP contribution in [0.1, 0.15) is 52.4 Å². The molecule has 3 aromatic rings. The van der Waals surface area contributed by atoms with Gasteiger partial charge in [0.05, 0.1) is 12.7 Å². The monoisotopic (exact) mass is 416 g/mol. The second-order valence-electron chi connectivity index (χ2n) is 8.77. The van der Waals surface area contributed by atoms with Gasteiger partial charge in [-0.2, -0.15) is 0 Å². The molecule has 1 saturated carbocycles. The summed E-state index contributed by atoms with van der Waals surface area (Å²) in [6.07, 6.45) is 8.00. The molecule has 0 unspecified atom stereocenters. The Labute approximate surface area is 182 Å². The van der Waals surface area contributed by atoms with E-state index in [0.29, 0.717) is 5.56 Å². The molecule has 2 N–H and O–H groups in total. The summed E-state index contributed by atoms with van der Waals surface area (Å²) in [6.45, 7) is 3.77. The Kier molecular flexibility index (Phi) is 5.06. The van der Waals surface area contributed by atoms with Crippen molar-refractivity contribution in [3.05, 3.63) is 76.5 Å². The van der Waals surface area contributed by atoms with E-state index in [-0.39, 0.29) is 6.04 Å². The summed E-state index contributed by atoms with van der Waals surface area (Å²) in [5.41, 5.74) is 6.59. The van der Waals surface area contributed by atoms with Gasteiger partial charge in [0.2, 0.25) is 0 Å². The zero-order chi connectivity index (χ0) is 21.5. The third kappa shape index (κ3) is 3.74. The van der Waals surface area contributed by atoms with Gasteiger partial charge in [-0.1, -0.05) is 23.8 Å². The predicted molar refractivity (Wildman–Crippen MR) is 122 cm³/mol. The zero-order valence-electron chi connectivity index (χ0n) is 18.0. The maximum atomic E-state index is 11.3. The van der Waals surface area contributed by atoms with Crippen LogP contribution in [0.25, 0.3) is 10.9 Å². The highest BCUT2D eigenvalue weighted by Gasteiger charge is 2.33. The van der Waals surface area contributed by atoms with Crippen molar-refractivity contribution in [3.63, 3.8) is 0 Å². The molecule has 5 rings (SSSR count). The first-order valence-electron chi connectivity index (χ1n) is 10.9. The number of nitrogens with one attached hydrogen (secondary N) is 1. The van der Waals surface area contributed by atoms with Crippen LogP contribution in [-0.2, 0) is 6.54 Å². The third-order valence-electron chi connectivity index (χ3n) is 6.79. The first-order valence-corrected chi connectivity index (χ1v) is 10.9. The average molecular weight is 417 g/mol. The van der Waals surface area contributed by atoms with E-state index in [0.717, 1.165) is 36.7 Å². The molecule has 5 nitrogen and oxygen atoms in total. The largest absolute Gasteiger partial charge is 0.496 e. The number of carboxylic acids is 1. The molecule has 2 aromatic carbocycles. The van der Waals surface area contributed by atoms with E-state index < -0.39 is 5.97 Å². The number of nitrogens with zero attached hydrogens (tertiary/aromatic N) is 1. The molecule has 1 aliphatic heterocycles. The van der Waals surface area contributed by atoms with E-state index in [1.165, 1.54) is 34.9 Å². The molecule has 5 heteroatoms. The maximum Gasteiger partial charge on any atom is 0.335 e. The molecule has 1 aliphatic carbocycles. The molecule has 1 aromatic heterocycles. The predicted octanol–water partition coefficient (Wildman–Crippen LogP) is 5.47. The molecule has 0 radical (unpaired) electrons. The highest BCUT2D eigenvalue weighted by atomic mass is 16.5. The Morgan fingerprint density at radius 2 is 2.00 bits per heavy atom. The van der Waals surface area contributed by atoms with Crippen LogP contribution in [-0.4, -0.2) is 34.6 Å². The number of aromatic nitrogens is 1. The smallest absolute Gasteiger partial charge is 0.335 e. The van der Waals surface area contributed by atoms with Crippen LogP contribution in [0.5, 0.6) is 5.75 Å². The van der Waals surface area contributed by atoms with Crippen molar-refractivity contribution in [2.24, 2.45) is 5.92 Å². The third-order valence-corrected chi connectivity index (χ3v) is 6.79. The molecule has 0 bridgehead atoms. The molecule has 0 saturated heterocycles. The van der Waals surface area contributed by atoms with E-state index in [1.807, 2.05) is 18.3 Å². The van der Waals surface area contributed by atoms with E-state index >= 15 is 0 Å². The summed E-state index contributed by atoms with van der Waals surface area (Å²) in [6, 6.07) is 11.9. The number of aromatic carboxylic acids is 1. The quantitative estimate of drug-likeness (QED) is 0.523. The van der Waals surface area contributed by atoms with Crippen molar-refractivity contribution in [1.29, 1.82) is 0 Å². The summed E-state index contributed by atoms with van der Waals surface area (Å²) in [5, 5.41) is 10.5. The number of fused-ring (bicyclic) bond motifs is 1. The Hall–Kier alpha value is -3.05. The first-order chi connectivity index (χ1) is 15.0. The minimum Gasteiger partial charge on any atom is -0.496 e. The van der Waals surface area contributed by atoms with Crippen molar-refractivity contribution >= 4 is 16.9 Å². The van der Waals surface area contributed by atoms with Crippen LogP contribution < -0.4 is 4.74 Å². The lowest BCUT2D eigenvalue weighted by Gasteiger charge is -2.36. The maximum absolute atomic E-state index is 11.3. The van der Waals surface area contributed by atoms with Gasteiger partial charge < -0.3 is 14.8 Å². The number of methoxy groups -OCH3 is 1. The number of aromatic amines is 1. The first kappa shape index (κ1) is 19.9. The number of benzene rings is 2. The van der Waals surface area contributed by atoms with Gasteiger partial charge in [-0.05, 0) is 67.5 Å². The number of carboxylic acid groups (broad SMARTS) is 1. The van der Waals surface area contributed by atoms with Crippen LogP contribution >= 0.6 is 0 Å². The van der Waals surface area contributed by atoms with Crippen LogP contribution in [0.2, 0.25) is 0 Å². The lowest BCUT2D eigenvalue weighted by molar-refractivity contribution is 0.0697. The molecule has 2 aliphatic rings. The molecular weight excluding hydrogens is 388 g/mol. The van der Waals surface area contributed by atoms with Crippen LogP contribution in [0.4, 0.5) is 0 Å². The number of H-pyrrole nitrogens is 1. The average Bonchev–Trinajstić information content (AvgIpc) is 3.51. The van der Waals surface area contributed by atoms with Crippen LogP contribution in [0.15, 0.2) is 54.2 Å². The van der Waals surface area contributed by atoms with Crippen LogP contribution in [0, 0.1) is 12.8 Å². The number of rotatable bonds is 6. The van der Waals surface area contributed by atoms with E-state index in [1.54, 1.807) is 24.8 Å². The Balaban J connectivity index is 1.52. The summed E-state index contributed by atoms with van der Waals surface area (Å²) >= 11 is 0. The van der Waals surface area contributed by atoms with Gasteiger partial charge in [0.15, 0.2) is 0 Å². The van der Waals surface area contributed by atoms with Gasteiger partial charge in [0.25, 0.3) is 0 Å². The molecule has 31 heavy (non-hydrogen) atoms. The van der Waals surface area contributed by atoms with E-state index in [9.17, 15) is 9.90 Å². The number of hydrogen-bond acceptors (Lipinski definition) is 3. The van der Waals surface area contributed by atoms with Gasteiger partial charge >= 0.3 is 5.97 Å². The number of ether oxygens (including phenoxy) is 1. The van der Waals surface area contributed by atoms with Gasteiger partial charge in [-0.3, -0.25) is 4.90 Å². The fourth-order valence-electron chi connectivity index (χ4n) is 4.92. The standard InChI is InChI=1S/C26H28N2O3/c1-16-13-24(31-2)22(21-9-11-27-25(16)21)15-28-12-10-20(17-3-4-17)14-23(28)18-5-7-19(8-6-18)26(29)30/h5-11,13,17,23,27H,3-4,12,14-15H2,1-2H3,(H,29,30)/t23-/m0/s1. The van der Waals surface area contributed by atoms with Gasteiger partial charge in [0.1, 0.15) is 5.75 Å². The fourth-order valence-corrected chi connectivity index (χ4v) is 4.92. The molecular formula is C26H28N2O3. The van der Waals surface area contributed by atoms with Crippen molar-refractivity contribution < 1.29 is 14.6 Å². The second kappa shape index (κ2) is 7.89. The Bertz CT molecular complexity index is 1160. The lowest BCUT2D eigenvalue weighted by atomic mass is 9.90. The van der Waals surface area contributed by atoms with Crippen molar-refractivity contribution in [2.75, 3.05) is 13.7 Å². The normalized spacial score (nSPS) is 19.4. The van der Waals surface area contributed by atoms with E-state index in [4.69, 9.17) is 4.74 Å². The zero-order valence-corrected chi connectivity index (χ0v) is 18.0. The topological polar surface area (TPSA) is 65.6 Å². The van der Waals surface area contributed by atoms with Gasteiger partial charge in [-0.15, -0.1) is 0 Å². The highest BCUT2D eigenvalue weighted by Crippen LogP contribution is 2.45. The van der Waals surface area contributed by atoms with Gasteiger partial charge in [0, 0.05) is 41.8 Å². The molecule has 160 valence electrons. The number of hydrogen-bond donors (Lipinski definition) is 2. The molecule has 0 amide bonds. The molecule has 1 fully saturated rings. The highest BCUT2D eigenvalue weighted by molar-refractivity contribution is 5.88. The summed E-state index contributed by atoms with van der Waals surface area (Å²) in [7, 11) is 1.74. The molecule has 0 spiro atoms. The summed E-state index contributed by atoms with van der Waals surface area (Å²) in [4.78, 5) is 17.2. The second-order valence-corrected chi connectivity index (χ2v) is 8.77. The van der Waals surface area contributed by atoms with Crippen molar-refractivity contribution in [3.8, 4) is 5.75 Å². The minimum atomic E-state index is -0.884. The van der Waals surface area contributed by atoms with Gasteiger partial charge in [-0.25, -0.2) is 4.79 Å². The Morgan fingerprint density at radius 3 is 2.68 bits per heavy atom. The summed E-state index contributed by atoms with van der Waals surface area (Å²) < 4.78 is 5.78. The van der Waals surface area contributed by atoms with Crippen molar-refractivity contribution in [2.45, 2.75) is 38.8 Å².